The molecule has 0 aliphatic carbocycles. The Labute approximate surface area is 43.0 Å². The van der Waals surface area contributed by atoms with Gasteiger partial charge in [0.15, 0.2) is 0 Å². The van der Waals surface area contributed by atoms with E-state index in [2.05, 4.69) is 10.2 Å². The maximum Gasteiger partial charge on any atom is 0.327 e. The first-order valence-corrected chi connectivity index (χ1v) is 2.42. The van der Waals surface area contributed by atoms with E-state index in [1.165, 1.54) is 0 Å². The molecule has 1 rings (SSSR count). The minimum atomic E-state index is -1.45. The molecule has 7 heavy (non-hydrogen) atoms. The maximum absolute atomic E-state index is 11.7. The summed E-state index contributed by atoms with van der Waals surface area (Å²) >= 11 is 0.481. The summed E-state index contributed by atoms with van der Waals surface area (Å²) in [5.74, 6) is 0. The molecule has 1 aliphatic heterocycles. The molecule has 0 spiro atoms. The largest absolute Gasteiger partial charge is 0.327 e. The van der Waals surface area contributed by atoms with Crippen molar-refractivity contribution in [1.29, 1.82) is 0 Å². The number of carbonyl (C=O) groups excluding carboxylic acids is 1. The monoisotopic (exact) mass is 120 g/mol. The number of thioether (sulfide) groups is 1. The van der Waals surface area contributed by atoms with Crippen molar-refractivity contribution in [2.75, 3.05) is 0 Å². The lowest BCUT2D eigenvalue weighted by molar-refractivity contribution is 0.267. The summed E-state index contributed by atoms with van der Waals surface area (Å²) in [7, 11) is 0. The van der Waals surface area contributed by atoms with Gasteiger partial charge in [-0.2, -0.15) is 0 Å². The van der Waals surface area contributed by atoms with E-state index in [4.69, 9.17) is 0 Å². The van der Waals surface area contributed by atoms with Crippen LogP contribution < -0.4 is 0 Å². The molecule has 0 aromatic carbocycles. The third-order valence-electron chi connectivity index (χ3n) is 0.428. The second kappa shape index (κ2) is 1.57. The zero-order valence-electron chi connectivity index (χ0n) is 3.17. The first-order valence-electron chi connectivity index (χ1n) is 1.54. The molecule has 1 amide bonds. The lowest BCUT2D eigenvalue weighted by atomic mass is 11.4. The third-order valence-corrected chi connectivity index (χ3v) is 1.00. The Hall–Kier alpha value is -0.450. The van der Waals surface area contributed by atoms with Gasteiger partial charge in [-0.3, -0.25) is 4.79 Å². The van der Waals surface area contributed by atoms with Gasteiger partial charge in [-0.1, -0.05) is 0 Å². The molecule has 1 aliphatic rings. The summed E-state index contributed by atoms with van der Waals surface area (Å²) in [4.78, 5) is 9.92. The molecule has 0 saturated carbocycles. The molecule has 38 valence electrons. The number of nitrogens with zero attached hydrogens (tertiary/aromatic N) is 2. The molecule has 1 atom stereocenters. The number of alkyl halides is 1. The van der Waals surface area contributed by atoms with E-state index in [-0.39, 0.29) is 0 Å². The number of hydrogen-bond acceptors (Lipinski definition) is 3. The van der Waals surface area contributed by atoms with E-state index in [1.807, 2.05) is 0 Å². The van der Waals surface area contributed by atoms with Gasteiger partial charge in [-0.25, -0.2) is 4.39 Å². The van der Waals surface area contributed by atoms with Crippen LogP contribution in [0.5, 0.6) is 0 Å². The van der Waals surface area contributed by atoms with Gasteiger partial charge in [0, 0.05) is 11.8 Å². The number of halogens is 1. The van der Waals surface area contributed by atoms with Crippen LogP contribution in [0.2, 0.25) is 0 Å². The molecule has 0 radical (unpaired) electrons. The van der Waals surface area contributed by atoms with Gasteiger partial charge in [0.2, 0.25) is 0 Å². The Morgan fingerprint density at radius 2 is 2.57 bits per heavy atom. The molecule has 3 nitrogen and oxygen atoms in total. The van der Waals surface area contributed by atoms with Crippen molar-refractivity contribution in [3.05, 3.63) is 0 Å². The van der Waals surface area contributed by atoms with Gasteiger partial charge in [0.25, 0.3) is 5.63 Å². The number of hydrogen-bond donors (Lipinski definition) is 0. The van der Waals surface area contributed by atoms with E-state index in [0.29, 0.717) is 11.8 Å². The summed E-state index contributed by atoms with van der Waals surface area (Å²) < 4.78 is 11.7. The van der Waals surface area contributed by atoms with E-state index >= 15 is 0 Å². The molecule has 0 aromatic heterocycles. The van der Waals surface area contributed by atoms with Crippen LogP contribution in [-0.4, -0.2) is 10.9 Å². The van der Waals surface area contributed by atoms with Crippen molar-refractivity contribution in [3.8, 4) is 0 Å². The van der Waals surface area contributed by atoms with Crippen LogP contribution in [0.4, 0.5) is 9.18 Å². The smallest absolute Gasteiger partial charge is 0.257 e. The fourth-order valence-corrected chi connectivity index (χ4v) is 0.578. The Bertz CT molecular complexity index is 125. The topological polar surface area (TPSA) is 41.8 Å². The van der Waals surface area contributed by atoms with Crippen LogP contribution in [0.15, 0.2) is 10.2 Å². The fourth-order valence-electron chi connectivity index (χ4n) is 0.223. The lowest BCUT2D eigenvalue weighted by Crippen LogP contribution is -1.79. The van der Waals surface area contributed by atoms with E-state index in [1.54, 1.807) is 0 Å². The van der Waals surface area contributed by atoms with Gasteiger partial charge in [0.1, 0.15) is 0 Å². The highest BCUT2D eigenvalue weighted by atomic mass is 32.2. The van der Waals surface area contributed by atoms with Crippen molar-refractivity contribution in [2.24, 2.45) is 10.2 Å². The highest BCUT2D eigenvalue weighted by Gasteiger charge is 2.17. The zero-order chi connectivity index (χ0) is 5.28. The van der Waals surface area contributed by atoms with E-state index < -0.39 is 10.9 Å². The number of azo groups is 1. The van der Waals surface area contributed by atoms with E-state index in [0.717, 1.165) is 0 Å². The minimum Gasteiger partial charge on any atom is -0.257 e. The highest BCUT2D eigenvalue weighted by molar-refractivity contribution is 8.14. The Balaban J connectivity index is 2.58. The van der Waals surface area contributed by atoms with Gasteiger partial charge in [-0.05, 0) is 0 Å². The molecule has 1 unspecified atom stereocenters. The molecule has 0 saturated heterocycles. The Morgan fingerprint density at radius 3 is 2.71 bits per heavy atom. The Kier molecular flexibility index (Phi) is 1.06. The van der Waals surface area contributed by atoms with Crippen LogP contribution >= 0.6 is 11.8 Å². The van der Waals surface area contributed by atoms with Crippen molar-refractivity contribution < 1.29 is 9.18 Å². The first kappa shape index (κ1) is 4.70. The van der Waals surface area contributed by atoms with Crippen LogP contribution in [0.1, 0.15) is 0 Å². The molecule has 0 bridgehead atoms. The predicted molar refractivity (Wildman–Crippen MR) is 22.7 cm³/mol. The van der Waals surface area contributed by atoms with Gasteiger partial charge in [0.05, 0.1) is 0 Å². The van der Waals surface area contributed by atoms with Crippen LogP contribution in [-0.2, 0) is 0 Å². The van der Waals surface area contributed by atoms with Crippen molar-refractivity contribution in [1.82, 2.24) is 0 Å². The molecule has 1 heterocycles. The lowest BCUT2D eigenvalue weighted by Gasteiger charge is -1.79. The SMILES string of the molecule is O=C1N=NC(F)S1. The average Bonchev–Trinajstić information content (AvgIpc) is 1.87. The van der Waals surface area contributed by atoms with Crippen molar-refractivity contribution in [3.63, 3.8) is 0 Å². The highest BCUT2D eigenvalue weighted by Crippen LogP contribution is 2.22. The van der Waals surface area contributed by atoms with Crippen LogP contribution in [0, 0.1) is 0 Å². The fraction of sp³-hybridized carbons (Fsp3) is 0.500. The number of rotatable bonds is 0. The third kappa shape index (κ3) is 0.957. The number of amides is 1. The van der Waals surface area contributed by atoms with E-state index in [9.17, 15) is 9.18 Å². The summed E-state index contributed by atoms with van der Waals surface area (Å²) in [6, 6.07) is 0. The number of carbonyl (C=O) groups is 1. The Morgan fingerprint density at radius 1 is 1.86 bits per heavy atom. The zero-order valence-corrected chi connectivity index (χ0v) is 3.98. The van der Waals surface area contributed by atoms with Crippen molar-refractivity contribution in [2.45, 2.75) is 5.63 Å². The normalized spacial score (nSPS) is 29.3. The van der Waals surface area contributed by atoms with Crippen molar-refractivity contribution >= 4 is 17.0 Å². The van der Waals surface area contributed by atoms with Gasteiger partial charge < -0.3 is 0 Å². The molecular weight excluding hydrogens is 119 g/mol. The molecule has 0 fully saturated rings. The average molecular weight is 120 g/mol. The summed E-state index contributed by atoms with van der Waals surface area (Å²) in [6.45, 7) is 0. The van der Waals surface area contributed by atoms with Gasteiger partial charge >= 0.3 is 5.24 Å². The minimum absolute atomic E-state index is 0.481. The predicted octanol–water partition coefficient (Wildman–Crippen LogP) is 1.56. The van der Waals surface area contributed by atoms with Gasteiger partial charge in [-0.15, -0.1) is 10.2 Å². The first-order chi connectivity index (χ1) is 3.29. The molecule has 5 heteroatoms. The molecular formula is C2HFN2OS. The van der Waals surface area contributed by atoms with Crippen LogP contribution in [0.3, 0.4) is 0 Å². The second-order valence-electron chi connectivity index (χ2n) is 0.891. The standard InChI is InChI=1S/C2HFN2OS/c3-1-4-5-2(6)7-1/h1H. The quantitative estimate of drug-likeness (QED) is 0.455. The molecule has 0 N–H and O–H groups in total. The van der Waals surface area contributed by atoms with Crippen LogP contribution in [0.25, 0.3) is 0 Å². The maximum atomic E-state index is 11.7. The second-order valence-corrected chi connectivity index (χ2v) is 1.87. The molecule has 0 aromatic rings. The summed E-state index contributed by atoms with van der Waals surface area (Å²) in [6.07, 6.45) is 0. The summed E-state index contributed by atoms with van der Waals surface area (Å²) in [5, 5.41) is 5.23. The summed E-state index contributed by atoms with van der Waals surface area (Å²) in [5.41, 5.74) is -1.45.